The number of aromatic nitrogens is 2. The largest absolute Gasteiger partial charge is 0.350 e. The molecule has 5 nitrogen and oxygen atoms in total. The van der Waals surface area contributed by atoms with E-state index in [1.807, 2.05) is 56.3 Å². The number of carbonyl (C=O) groups is 1. The molecule has 2 N–H and O–H groups in total. The van der Waals surface area contributed by atoms with Gasteiger partial charge in [-0.15, -0.1) is 0 Å². The van der Waals surface area contributed by atoms with E-state index in [0.717, 1.165) is 23.4 Å². The predicted molar refractivity (Wildman–Crippen MR) is 109 cm³/mol. The number of benzene rings is 2. The summed E-state index contributed by atoms with van der Waals surface area (Å²) in [6.45, 7) is 6.10. The third-order valence-electron chi connectivity index (χ3n) is 4.39. The topological polar surface area (TPSA) is 66.9 Å². The number of nitrogens with zero attached hydrogens (tertiary/aromatic N) is 2. The van der Waals surface area contributed by atoms with Crippen LogP contribution in [0.15, 0.2) is 60.9 Å². The zero-order chi connectivity index (χ0) is 19.2. The van der Waals surface area contributed by atoms with Crippen LogP contribution in [0, 0.1) is 6.92 Å². The molecule has 3 rings (SSSR count). The average molecular weight is 360 g/mol. The molecule has 1 amide bonds. The monoisotopic (exact) mass is 360 g/mol. The fourth-order valence-corrected chi connectivity index (χ4v) is 2.65. The Morgan fingerprint density at radius 1 is 1.07 bits per heavy atom. The smallest absolute Gasteiger partial charge is 0.251 e. The first-order valence-electron chi connectivity index (χ1n) is 9.12. The zero-order valence-corrected chi connectivity index (χ0v) is 15.9. The molecular formula is C22H24N4O. The summed E-state index contributed by atoms with van der Waals surface area (Å²) in [5.41, 5.74) is 4.61. The Hall–Kier alpha value is -3.21. The van der Waals surface area contributed by atoms with Crippen LogP contribution in [-0.2, 0) is 0 Å². The third-order valence-corrected chi connectivity index (χ3v) is 4.39. The van der Waals surface area contributed by atoms with Crippen LogP contribution in [0.4, 0.5) is 11.5 Å². The molecule has 0 saturated carbocycles. The van der Waals surface area contributed by atoms with Gasteiger partial charge in [-0.25, -0.2) is 9.97 Å². The van der Waals surface area contributed by atoms with Gasteiger partial charge in [0.1, 0.15) is 12.1 Å². The van der Waals surface area contributed by atoms with Crippen molar-refractivity contribution in [3.63, 3.8) is 0 Å². The van der Waals surface area contributed by atoms with Crippen molar-refractivity contribution >= 4 is 17.4 Å². The number of carbonyl (C=O) groups excluding carboxylic acids is 1. The molecule has 5 heteroatoms. The van der Waals surface area contributed by atoms with Crippen LogP contribution in [0.5, 0.6) is 0 Å². The molecule has 0 aliphatic heterocycles. The number of nitrogens with one attached hydrogen (secondary N) is 2. The summed E-state index contributed by atoms with van der Waals surface area (Å²) >= 11 is 0. The van der Waals surface area contributed by atoms with Gasteiger partial charge >= 0.3 is 0 Å². The molecule has 0 spiro atoms. The van der Waals surface area contributed by atoms with Crippen molar-refractivity contribution < 1.29 is 4.79 Å². The molecule has 0 saturated heterocycles. The molecule has 3 aromatic rings. The number of hydrogen-bond donors (Lipinski definition) is 2. The van der Waals surface area contributed by atoms with Crippen LogP contribution in [0.1, 0.15) is 36.2 Å². The molecule has 0 aliphatic carbocycles. The second-order valence-corrected chi connectivity index (χ2v) is 6.64. The standard InChI is InChI=1S/C22H24N4O/c1-4-16(3)25-22(27)17-8-10-19(11-9-17)26-21-13-20(23-14-24-21)18-7-5-6-15(2)12-18/h5-14,16H,4H2,1-3H3,(H,25,27)(H,23,24,26)/t16-/m0/s1. The van der Waals surface area contributed by atoms with Crippen molar-refractivity contribution in [3.05, 3.63) is 72.1 Å². The Balaban J connectivity index is 1.72. The Kier molecular flexibility index (Phi) is 5.81. The van der Waals surface area contributed by atoms with Crippen LogP contribution < -0.4 is 10.6 Å². The molecule has 138 valence electrons. The highest BCUT2D eigenvalue weighted by atomic mass is 16.1. The van der Waals surface area contributed by atoms with Crippen molar-refractivity contribution in [1.29, 1.82) is 0 Å². The molecule has 1 heterocycles. The van der Waals surface area contributed by atoms with Gasteiger partial charge in [0.15, 0.2) is 0 Å². The van der Waals surface area contributed by atoms with Crippen molar-refractivity contribution in [3.8, 4) is 11.3 Å². The molecule has 1 aromatic heterocycles. The second-order valence-electron chi connectivity index (χ2n) is 6.64. The maximum absolute atomic E-state index is 12.2. The summed E-state index contributed by atoms with van der Waals surface area (Å²) < 4.78 is 0. The predicted octanol–water partition coefficient (Wildman–Crippen LogP) is 4.72. The van der Waals surface area contributed by atoms with Crippen molar-refractivity contribution in [2.45, 2.75) is 33.2 Å². The number of rotatable bonds is 6. The Bertz CT molecular complexity index is 922. The first-order valence-corrected chi connectivity index (χ1v) is 9.12. The molecule has 0 fully saturated rings. The van der Waals surface area contributed by atoms with Gasteiger partial charge in [-0.3, -0.25) is 4.79 Å². The quantitative estimate of drug-likeness (QED) is 0.667. The van der Waals surface area contributed by atoms with Crippen LogP contribution >= 0.6 is 0 Å². The third kappa shape index (κ3) is 4.91. The SMILES string of the molecule is CC[C@H](C)NC(=O)c1ccc(Nc2cc(-c3cccc(C)c3)ncn2)cc1. The minimum absolute atomic E-state index is 0.0559. The lowest BCUT2D eigenvalue weighted by molar-refractivity contribution is 0.0939. The molecule has 0 unspecified atom stereocenters. The van der Waals surface area contributed by atoms with E-state index in [1.165, 1.54) is 5.56 Å². The first-order chi connectivity index (χ1) is 13.0. The number of amides is 1. The minimum atomic E-state index is -0.0559. The highest BCUT2D eigenvalue weighted by molar-refractivity contribution is 5.94. The molecule has 2 aromatic carbocycles. The van der Waals surface area contributed by atoms with Crippen LogP contribution in [-0.4, -0.2) is 21.9 Å². The number of aryl methyl sites for hydroxylation is 1. The van der Waals surface area contributed by atoms with E-state index in [4.69, 9.17) is 0 Å². The van der Waals surface area contributed by atoms with Gasteiger partial charge in [0.2, 0.25) is 0 Å². The zero-order valence-electron chi connectivity index (χ0n) is 15.9. The van der Waals surface area contributed by atoms with E-state index in [-0.39, 0.29) is 11.9 Å². The van der Waals surface area contributed by atoms with Gasteiger partial charge < -0.3 is 10.6 Å². The Morgan fingerprint density at radius 3 is 2.56 bits per heavy atom. The highest BCUT2D eigenvalue weighted by Gasteiger charge is 2.08. The molecule has 0 radical (unpaired) electrons. The summed E-state index contributed by atoms with van der Waals surface area (Å²) in [5, 5.41) is 6.23. The molecule has 0 aliphatic rings. The van der Waals surface area contributed by atoms with Crippen molar-refractivity contribution in [2.24, 2.45) is 0 Å². The summed E-state index contributed by atoms with van der Waals surface area (Å²) in [7, 11) is 0. The normalized spacial score (nSPS) is 11.7. The fourth-order valence-electron chi connectivity index (χ4n) is 2.65. The van der Waals surface area contributed by atoms with Gasteiger partial charge in [0.05, 0.1) is 5.69 Å². The molecule has 1 atom stereocenters. The summed E-state index contributed by atoms with van der Waals surface area (Å²) in [5.74, 6) is 0.651. The summed E-state index contributed by atoms with van der Waals surface area (Å²) in [6.07, 6.45) is 2.45. The lowest BCUT2D eigenvalue weighted by Crippen LogP contribution is -2.31. The van der Waals surface area contributed by atoms with Crippen molar-refractivity contribution in [1.82, 2.24) is 15.3 Å². The Morgan fingerprint density at radius 2 is 1.85 bits per heavy atom. The van der Waals surface area contributed by atoms with E-state index < -0.39 is 0 Å². The van der Waals surface area contributed by atoms with Gasteiger partial charge in [-0.2, -0.15) is 0 Å². The minimum Gasteiger partial charge on any atom is -0.350 e. The van der Waals surface area contributed by atoms with E-state index in [9.17, 15) is 4.79 Å². The van der Waals surface area contributed by atoms with E-state index in [0.29, 0.717) is 11.4 Å². The number of anilines is 2. The molecule has 27 heavy (non-hydrogen) atoms. The Labute approximate surface area is 159 Å². The van der Waals surface area contributed by atoms with Gasteiger partial charge in [0, 0.05) is 28.9 Å². The molecular weight excluding hydrogens is 336 g/mol. The maximum atomic E-state index is 12.2. The van der Waals surface area contributed by atoms with E-state index >= 15 is 0 Å². The van der Waals surface area contributed by atoms with Gasteiger partial charge in [0.25, 0.3) is 5.91 Å². The van der Waals surface area contributed by atoms with E-state index in [2.05, 4.69) is 39.7 Å². The first kappa shape index (κ1) is 18.6. The fraction of sp³-hybridized carbons (Fsp3) is 0.227. The number of hydrogen-bond acceptors (Lipinski definition) is 4. The highest BCUT2D eigenvalue weighted by Crippen LogP contribution is 2.22. The summed E-state index contributed by atoms with van der Waals surface area (Å²) in [6, 6.07) is 17.6. The lowest BCUT2D eigenvalue weighted by Gasteiger charge is -2.12. The molecule has 0 bridgehead atoms. The summed E-state index contributed by atoms with van der Waals surface area (Å²) in [4.78, 5) is 20.8. The maximum Gasteiger partial charge on any atom is 0.251 e. The van der Waals surface area contributed by atoms with E-state index in [1.54, 1.807) is 6.33 Å². The second kappa shape index (κ2) is 8.45. The van der Waals surface area contributed by atoms with Crippen LogP contribution in [0.3, 0.4) is 0 Å². The average Bonchev–Trinajstić information content (AvgIpc) is 2.68. The van der Waals surface area contributed by atoms with Gasteiger partial charge in [-0.05, 0) is 50.6 Å². The van der Waals surface area contributed by atoms with Crippen LogP contribution in [0.25, 0.3) is 11.3 Å². The van der Waals surface area contributed by atoms with Crippen LogP contribution in [0.2, 0.25) is 0 Å². The van der Waals surface area contributed by atoms with Crippen molar-refractivity contribution in [2.75, 3.05) is 5.32 Å². The van der Waals surface area contributed by atoms with Gasteiger partial charge in [-0.1, -0.05) is 30.7 Å². The lowest BCUT2D eigenvalue weighted by atomic mass is 10.1.